The lowest BCUT2D eigenvalue weighted by atomic mass is 10.1. The van der Waals surface area contributed by atoms with Gasteiger partial charge < -0.3 is 19.5 Å². The number of aromatic nitrogens is 2. The molecule has 0 unspecified atom stereocenters. The number of rotatable bonds is 9. The number of anilines is 1. The van der Waals surface area contributed by atoms with Crippen molar-refractivity contribution in [2.45, 2.75) is 27.0 Å². The Hall–Kier alpha value is -2.89. The summed E-state index contributed by atoms with van der Waals surface area (Å²) >= 11 is 10.4. The standard InChI is InChI=1S/C22H21BrClN3O6S/c1-4-9-32-21(29)17-12(2)18(22(30)31-3)34-20(17)25-19(28)15-7-8-27(26-15)11-33-16-6-5-13(23)10-14(16)24/h5-8,10H,4,9,11H2,1-3H3,(H,25,28). The monoisotopic (exact) mass is 569 g/mol. The van der Waals surface area contributed by atoms with Gasteiger partial charge in [0.15, 0.2) is 12.4 Å². The van der Waals surface area contributed by atoms with Crippen molar-refractivity contribution < 1.29 is 28.6 Å². The molecule has 0 saturated heterocycles. The van der Waals surface area contributed by atoms with E-state index in [1.165, 1.54) is 17.9 Å². The third-order valence-electron chi connectivity index (χ3n) is 4.51. The predicted molar refractivity (Wildman–Crippen MR) is 131 cm³/mol. The highest BCUT2D eigenvalue weighted by Gasteiger charge is 2.27. The van der Waals surface area contributed by atoms with Crippen molar-refractivity contribution in [2.24, 2.45) is 0 Å². The van der Waals surface area contributed by atoms with Crippen LogP contribution < -0.4 is 10.1 Å². The topological polar surface area (TPSA) is 109 Å². The van der Waals surface area contributed by atoms with Crippen LogP contribution in [-0.4, -0.2) is 41.3 Å². The molecule has 0 atom stereocenters. The Kier molecular flexibility index (Phi) is 8.70. The van der Waals surface area contributed by atoms with E-state index < -0.39 is 17.8 Å². The molecule has 1 N–H and O–H groups in total. The maximum absolute atomic E-state index is 12.8. The third kappa shape index (κ3) is 5.96. The van der Waals surface area contributed by atoms with E-state index in [0.29, 0.717) is 22.8 Å². The molecule has 1 amide bonds. The fourth-order valence-corrected chi connectivity index (χ4v) is 4.69. The summed E-state index contributed by atoms with van der Waals surface area (Å²) in [6, 6.07) is 6.70. The van der Waals surface area contributed by atoms with Gasteiger partial charge in [0.1, 0.15) is 15.6 Å². The number of carbonyl (C=O) groups is 3. The van der Waals surface area contributed by atoms with Gasteiger partial charge in [0.25, 0.3) is 5.91 Å². The number of benzene rings is 1. The predicted octanol–water partition coefficient (Wildman–Crippen LogP) is 5.31. The van der Waals surface area contributed by atoms with Gasteiger partial charge in [-0.15, -0.1) is 11.3 Å². The molecule has 180 valence electrons. The summed E-state index contributed by atoms with van der Waals surface area (Å²) in [6.07, 6.45) is 2.20. The Morgan fingerprint density at radius 1 is 1.24 bits per heavy atom. The van der Waals surface area contributed by atoms with E-state index in [1.54, 1.807) is 31.3 Å². The minimum absolute atomic E-state index is 0.0217. The molecule has 0 bridgehead atoms. The number of hydrogen-bond acceptors (Lipinski definition) is 8. The lowest BCUT2D eigenvalue weighted by Gasteiger charge is -2.08. The van der Waals surface area contributed by atoms with Crippen LogP contribution in [0.15, 0.2) is 34.9 Å². The van der Waals surface area contributed by atoms with Crippen LogP contribution in [0.5, 0.6) is 5.75 Å². The molecule has 9 nitrogen and oxygen atoms in total. The van der Waals surface area contributed by atoms with Crippen molar-refractivity contribution in [1.82, 2.24) is 9.78 Å². The summed E-state index contributed by atoms with van der Waals surface area (Å²) in [5.74, 6) is -1.35. The number of ether oxygens (including phenoxy) is 3. The first-order chi connectivity index (χ1) is 16.2. The molecular formula is C22H21BrClN3O6S. The lowest BCUT2D eigenvalue weighted by Crippen LogP contribution is -2.16. The van der Waals surface area contributed by atoms with Crippen molar-refractivity contribution in [3.63, 3.8) is 0 Å². The maximum Gasteiger partial charge on any atom is 0.348 e. The van der Waals surface area contributed by atoms with Gasteiger partial charge in [-0.2, -0.15) is 5.10 Å². The van der Waals surface area contributed by atoms with Crippen molar-refractivity contribution >= 4 is 61.7 Å². The second-order valence-corrected chi connectivity index (χ2v) is 9.27. The normalized spacial score (nSPS) is 10.6. The highest BCUT2D eigenvalue weighted by atomic mass is 79.9. The number of nitrogens with one attached hydrogen (secondary N) is 1. The number of methoxy groups -OCH3 is 1. The van der Waals surface area contributed by atoms with Gasteiger partial charge in [0.2, 0.25) is 0 Å². The minimum Gasteiger partial charge on any atom is -0.470 e. The van der Waals surface area contributed by atoms with E-state index in [4.69, 9.17) is 25.8 Å². The Balaban J connectivity index is 1.76. The molecule has 12 heteroatoms. The second-order valence-electron chi connectivity index (χ2n) is 6.93. The molecule has 1 aromatic carbocycles. The average molecular weight is 571 g/mol. The van der Waals surface area contributed by atoms with Crippen molar-refractivity contribution in [2.75, 3.05) is 19.0 Å². The van der Waals surface area contributed by atoms with Crippen LogP contribution in [0.3, 0.4) is 0 Å². The lowest BCUT2D eigenvalue weighted by molar-refractivity contribution is 0.0506. The highest BCUT2D eigenvalue weighted by molar-refractivity contribution is 9.10. The number of esters is 2. The zero-order valence-electron chi connectivity index (χ0n) is 18.5. The van der Waals surface area contributed by atoms with Crippen LogP contribution in [0.4, 0.5) is 5.00 Å². The van der Waals surface area contributed by atoms with Crippen LogP contribution in [0.1, 0.15) is 49.4 Å². The average Bonchev–Trinajstić information content (AvgIpc) is 3.41. The molecule has 0 aliphatic carbocycles. The van der Waals surface area contributed by atoms with Crippen LogP contribution in [-0.2, 0) is 16.2 Å². The van der Waals surface area contributed by atoms with Crippen molar-refractivity contribution in [3.05, 3.63) is 61.7 Å². The van der Waals surface area contributed by atoms with E-state index in [2.05, 4.69) is 26.3 Å². The van der Waals surface area contributed by atoms with Crippen molar-refractivity contribution in [3.8, 4) is 5.75 Å². The highest BCUT2D eigenvalue weighted by Crippen LogP contribution is 2.34. The summed E-state index contributed by atoms with van der Waals surface area (Å²) in [5, 5.41) is 7.46. The summed E-state index contributed by atoms with van der Waals surface area (Å²) in [6.45, 7) is 3.69. The number of amides is 1. The molecule has 0 radical (unpaired) electrons. The SMILES string of the molecule is CCCOC(=O)c1c(NC(=O)c2ccn(COc3ccc(Br)cc3Cl)n2)sc(C(=O)OC)c1C. The molecule has 3 aromatic rings. The number of carbonyl (C=O) groups excluding carboxylic acids is 3. The molecule has 0 saturated carbocycles. The molecule has 0 fully saturated rings. The first-order valence-corrected chi connectivity index (χ1v) is 12.0. The fourth-order valence-electron chi connectivity index (χ4n) is 2.85. The first kappa shape index (κ1) is 25.7. The number of thiophene rings is 1. The second kappa shape index (κ2) is 11.5. The van der Waals surface area contributed by atoms with Gasteiger partial charge in [-0.25, -0.2) is 14.3 Å². The van der Waals surface area contributed by atoms with E-state index >= 15 is 0 Å². The summed E-state index contributed by atoms with van der Waals surface area (Å²) in [5.41, 5.74) is 0.572. The molecule has 2 heterocycles. The molecular weight excluding hydrogens is 550 g/mol. The molecule has 34 heavy (non-hydrogen) atoms. The maximum atomic E-state index is 12.8. The van der Waals surface area contributed by atoms with Crippen LogP contribution in [0.2, 0.25) is 5.02 Å². The van der Waals surface area contributed by atoms with E-state index in [1.807, 2.05) is 6.92 Å². The largest absolute Gasteiger partial charge is 0.470 e. The zero-order chi connectivity index (χ0) is 24.8. The van der Waals surface area contributed by atoms with Gasteiger partial charge >= 0.3 is 11.9 Å². The Morgan fingerprint density at radius 2 is 2.00 bits per heavy atom. The number of nitrogens with zero attached hydrogens (tertiary/aromatic N) is 2. The molecule has 0 aliphatic heterocycles. The van der Waals surface area contributed by atoms with Gasteiger partial charge in [0.05, 0.1) is 24.3 Å². The number of hydrogen-bond donors (Lipinski definition) is 1. The number of halogens is 2. The van der Waals surface area contributed by atoms with E-state index in [-0.39, 0.29) is 34.5 Å². The smallest absolute Gasteiger partial charge is 0.348 e. The van der Waals surface area contributed by atoms with Crippen LogP contribution in [0.25, 0.3) is 0 Å². The molecule has 2 aromatic heterocycles. The first-order valence-electron chi connectivity index (χ1n) is 10.1. The third-order valence-corrected chi connectivity index (χ3v) is 6.48. The van der Waals surface area contributed by atoms with E-state index in [9.17, 15) is 14.4 Å². The van der Waals surface area contributed by atoms with Gasteiger partial charge in [-0.05, 0) is 43.2 Å². The Morgan fingerprint density at radius 3 is 2.68 bits per heavy atom. The summed E-state index contributed by atoms with van der Waals surface area (Å²) in [7, 11) is 1.24. The fraction of sp³-hybridized carbons (Fsp3) is 0.273. The van der Waals surface area contributed by atoms with Crippen LogP contribution in [0, 0.1) is 6.92 Å². The quantitative estimate of drug-likeness (QED) is 0.347. The molecule has 3 rings (SSSR count). The van der Waals surface area contributed by atoms with Gasteiger partial charge in [-0.3, -0.25) is 4.79 Å². The van der Waals surface area contributed by atoms with Gasteiger partial charge in [-0.1, -0.05) is 34.5 Å². The zero-order valence-corrected chi connectivity index (χ0v) is 21.7. The van der Waals surface area contributed by atoms with Crippen LogP contribution >= 0.6 is 38.9 Å². The summed E-state index contributed by atoms with van der Waals surface area (Å²) < 4.78 is 17.9. The molecule has 0 aliphatic rings. The molecule has 0 spiro atoms. The minimum atomic E-state index is -0.633. The van der Waals surface area contributed by atoms with Gasteiger partial charge in [0, 0.05) is 10.7 Å². The summed E-state index contributed by atoms with van der Waals surface area (Å²) in [4.78, 5) is 37.7. The van der Waals surface area contributed by atoms with Crippen molar-refractivity contribution in [1.29, 1.82) is 0 Å². The Labute approximate surface area is 213 Å². The van der Waals surface area contributed by atoms with E-state index in [0.717, 1.165) is 15.8 Å². The Bertz CT molecular complexity index is 1230.